The largest absolute Gasteiger partial charge is 0.355 e. The van der Waals surface area contributed by atoms with Crippen LogP contribution in [0.5, 0.6) is 0 Å². The molecule has 3 aromatic rings. The highest BCUT2D eigenvalue weighted by atomic mass is 32.2. The first-order chi connectivity index (χ1) is 12.2. The fourth-order valence-corrected chi connectivity index (χ4v) is 4.03. The summed E-state index contributed by atoms with van der Waals surface area (Å²) in [5.41, 5.74) is 2.22. The first-order valence-corrected chi connectivity index (χ1v) is 10.1. The summed E-state index contributed by atoms with van der Waals surface area (Å²) >= 11 is 3.31. The highest BCUT2D eigenvalue weighted by Crippen LogP contribution is 2.26. The number of fused-ring (bicyclic) bond motifs is 1. The predicted octanol–water partition coefficient (Wildman–Crippen LogP) is 4.54. The molecule has 0 saturated carbocycles. The van der Waals surface area contributed by atoms with E-state index in [9.17, 15) is 4.79 Å². The maximum absolute atomic E-state index is 12.1. The summed E-state index contributed by atoms with van der Waals surface area (Å²) in [6.07, 6.45) is 1.79. The summed E-state index contributed by atoms with van der Waals surface area (Å²) in [7, 11) is 0. The van der Waals surface area contributed by atoms with Crippen molar-refractivity contribution in [2.45, 2.75) is 16.7 Å². The van der Waals surface area contributed by atoms with E-state index in [1.54, 1.807) is 29.7 Å². The Balaban J connectivity index is 1.42. The van der Waals surface area contributed by atoms with Gasteiger partial charge in [-0.25, -0.2) is 0 Å². The van der Waals surface area contributed by atoms with Gasteiger partial charge in [-0.05, 0) is 31.2 Å². The number of nitrogens with zero attached hydrogens (tertiary/aromatic N) is 1. The molecule has 1 amide bonds. The molecule has 0 radical (unpaired) electrons. The molecule has 0 aliphatic rings. The van der Waals surface area contributed by atoms with E-state index >= 15 is 0 Å². The normalized spacial score (nSPS) is 10.8. The Labute approximate surface area is 156 Å². The van der Waals surface area contributed by atoms with Crippen LogP contribution in [0.2, 0.25) is 0 Å². The molecular weight excluding hydrogens is 348 g/mol. The Bertz CT molecular complexity index is 844. The van der Waals surface area contributed by atoms with Crippen molar-refractivity contribution in [2.24, 2.45) is 0 Å². The second-order valence-corrected chi connectivity index (χ2v) is 7.81. The van der Waals surface area contributed by atoms with E-state index in [4.69, 9.17) is 0 Å². The van der Waals surface area contributed by atoms with E-state index in [2.05, 4.69) is 41.5 Å². The van der Waals surface area contributed by atoms with Gasteiger partial charge >= 0.3 is 0 Å². The highest BCUT2D eigenvalue weighted by Gasteiger charge is 2.06. The molecular formula is C20H20N2OS2. The van der Waals surface area contributed by atoms with Gasteiger partial charge in [-0.15, -0.1) is 23.5 Å². The van der Waals surface area contributed by atoms with Gasteiger partial charge in [-0.3, -0.25) is 9.78 Å². The highest BCUT2D eigenvalue weighted by molar-refractivity contribution is 8.00. The zero-order valence-corrected chi connectivity index (χ0v) is 15.7. The van der Waals surface area contributed by atoms with Gasteiger partial charge in [0, 0.05) is 33.7 Å². The lowest BCUT2D eigenvalue weighted by atomic mass is 10.2. The summed E-state index contributed by atoms with van der Waals surface area (Å²) in [6.45, 7) is 2.76. The van der Waals surface area contributed by atoms with E-state index in [0.29, 0.717) is 12.3 Å². The van der Waals surface area contributed by atoms with Gasteiger partial charge in [-0.1, -0.05) is 35.9 Å². The van der Waals surface area contributed by atoms with Crippen LogP contribution in [-0.2, 0) is 4.79 Å². The summed E-state index contributed by atoms with van der Waals surface area (Å²) < 4.78 is 0. The monoisotopic (exact) mass is 368 g/mol. The Morgan fingerprint density at radius 3 is 2.68 bits per heavy atom. The number of thioether (sulfide) groups is 2. The van der Waals surface area contributed by atoms with Gasteiger partial charge in [0.15, 0.2) is 0 Å². The molecule has 0 saturated heterocycles. The topological polar surface area (TPSA) is 42.0 Å². The minimum Gasteiger partial charge on any atom is -0.355 e. The lowest BCUT2D eigenvalue weighted by Crippen LogP contribution is -2.27. The van der Waals surface area contributed by atoms with Gasteiger partial charge in [0.2, 0.25) is 5.91 Å². The SMILES string of the molecule is Cc1ccc(SCCNC(=O)CSc2ccnc3ccccc23)cc1. The quantitative estimate of drug-likeness (QED) is 0.491. The predicted molar refractivity (Wildman–Crippen MR) is 107 cm³/mol. The van der Waals surface area contributed by atoms with Crippen molar-refractivity contribution in [3.05, 3.63) is 66.4 Å². The molecule has 0 aliphatic carbocycles. The standard InChI is InChI=1S/C20H20N2OS2/c1-15-6-8-16(9-7-15)24-13-12-22-20(23)14-25-19-10-11-21-18-5-3-2-4-17(18)19/h2-11H,12-14H2,1H3,(H,22,23). The van der Waals surface area contributed by atoms with E-state index < -0.39 is 0 Å². The number of hydrogen-bond donors (Lipinski definition) is 1. The summed E-state index contributed by atoms with van der Waals surface area (Å²) in [5, 5.41) is 4.08. The molecule has 2 aromatic carbocycles. The number of aromatic nitrogens is 1. The van der Waals surface area contributed by atoms with Gasteiger partial charge in [0.1, 0.15) is 0 Å². The van der Waals surface area contributed by atoms with E-state index in [1.807, 2.05) is 30.3 Å². The minimum absolute atomic E-state index is 0.0652. The molecule has 1 N–H and O–H groups in total. The van der Waals surface area contributed by atoms with Crippen LogP contribution in [0.3, 0.4) is 0 Å². The smallest absolute Gasteiger partial charge is 0.230 e. The van der Waals surface area contributed by atoms with Crippen LogP contribution in [0.25, 0.3) is 10.9 Å². The third kappa shape index (κ3) is 5.25. The number of carbonyl (C=O) groups excluding carboxylic acids is 1. The summed E-state index contributed by atoms with van der Waals surface area (Å²) in [5.74, 6) is 1.36. The van der Waals surface area contributed by atoms with Crippen LogP contribution in [-0.4, -0.2) is 28.9 Å². The van der Waals surface area contributed by atoms with Crippen molar-refractivity contribution in [1.82, 2.24) is 10.3 Å². The fraction of sp³-hybridized carbons (Fsp3) is 0.200. The van der Waals surface area contributed by atoms with Crippen LogP contribution in [0.4, 0.5) is 0 Å². The molecule has 0 atom stereocenters. The second-order valence-electron chi connectivity index (χ2n) is 5.63. The number of para-hydroxylation sites is 1. The maximum atomic E-state index is 12.1. The van der Waals surface area contributed by atoms with E-state index in [0.717, 1.165) is 21.6 Å². The van der Waals surface area contributed by atoms with Crippen LogP contribution in [0.1, 0.15) is 5.56 Å². The van der Waals surface area contributed by atoms with Gasteiger partial charge < -0.3 is 5.32 Å². The van der Waals surface area contributed by atoms with Crippen LogP contribution >= 0.6 is 23.5 Å². The van der Waals surface area contributed by atoms with E-state index in [-0.39, 0.29) is 5.91 Å². The lowest BCUT2D eigenvalue weighted by molar-refractivity contribution is -0.118. The molecule has 3 nitrogen and oxygen atoms in total. The van der Waals surface area contributed by atoms with E-state index in [1.165, 1.54) is 10.5 Å². The number of amides is 1. The summed E-state index contributed by atoms with van der Waals surface area (Å²) in [4.78, 5) is 18.7. The molecule has 0 unspecified atom stereocenters. The zero-order chi connectivity index (χ0) is 17.5. The fourth-order valence-electron chi connectivity index (χ4n) is 2.38. The number of rotatable bonds is 7. The Morgan fingerprint density at radius 2 is 1.84 bits per heavy atom. The maximum Gasteiger partial charge on any atom is 0.230 e. The Morgan fingerprint density at radius 1 is 1.04 bits per heavy atom. The molecule has 3 rings (SSSR count). The number of benzene rings is 2. The molecule has 25 heavy (non-hydrogen) atoms. The minimum atomic E-state index is 0.0652. The Kier molecular flexibility index (Phi) is 6.36. The molecule has 5 heteroatoms. The van der Waals surface area contributed by atoms with Crippen LogP contribution in [0.15, 0.2) is 70.6 Å². The third-order valence-electron chi connectivity index (χ3n) is 3.68. The molecule has 1 heterocycles. The third-order valence-corrected chi connectivity index (χ3v) is 5.77. The van der Waals surface area contributed by atoms with Crippen molar-refractivity contribution >= 4 is 40.3 Å². The van der Waals surface area contributed by atoms with Gasteiger partial charge in [0.25, 0.3) is 0 Å². The average Bonchev–Trinajstić information content (AvgIpc) is 2.65. The first kappa shape index (κ1) is 17.8. The number of carbonyl (C=O) groups is 1. The number of nitrogens with one attached hydrogen (secondary N) is 1. The van der Waals surface area contributed by atoms with Crippen molar-refractivity contribution in [1.29, 1.82) is 0 Å². The number of hydrogen-bond acceptors (Lipinski definition) is 4. The summed E-state index contributed by atoms with van der Waals surface area (Å²) in [6, 6.07) is 18.4. The van der Waals surface area contributed by atoms with Crippen LogP contribution < -0.4 is 5.32 Å². The number of aryl methyl sites for hydroxylation is 1. The van der Waals surface area contributed by atoms with Crippen molar-refractivity contribution in [2.75, 3.05) is 18.1 Å². The first-order valence-electron chi connectivity index (χ1n) is 8.15. The molecule has 0 fully saturated rings. The van der Waals surface area contributed by atoms with Crippen molar-refractivity contribution in [3.63, 3.8) is 0 Å². The molecule has 0 bridgehead atoms. The molecule has 1 aromatic heterocycles. The Hall–Kier alpha value is -1.98. The van der Waals surface area contributed by atoms with Crippen molar-refractivity contribution < 1.29 is 4.79 Å². The average molecular weight is 369 g/mol. The number of pyridine rings is 1. The van der Waals surface area contributed by atoms with Gasteiger partial charge in [-0.2, -0.15) is 0 Å². The van der Waals surface area contributed by atoms with Gasteiger partial charge in [0.05, 0.1) is 11.3 Å². The lowest BCUT2D eigenvalue weighted by Gasteiger charge is -2.07. The molecule has 0 spiro atoms. The molecule has 128 valence electrons. The zero-order valence-electron chi connectivity index (χ0n) is 14.1. The molecule has 0 aliphatic heterocycles. The van der Waals surface area contributed by atoms with Crippen molar-refractivity contribution in [3.8, 4) is 0 Å². The van der Waals surface area contributed by atoms with Crippen LogP contribution in [0, 0.1) is 6.92 Å². The second kappa shape index (κ2) is 8.92.